The van der Waals surface area contributed by atoms with E-state index >= 15 is 0 Å². The Labute approximate surface area is 155 Å². The Balaban J connectivity index is 1.87. The van der Waals surface area contributed by atoms with Gasteiger partial charge in [-0.2, -0.15) is 0 Å². The molecule has 0 fully saturated rings. The van der Waals surface area contributed by atoms with Gasteiger partial charge in [-0.25, -0.2) is 8.78 Å². The Morgan fingerprint density at radius 3 is 2.56 bits per heavy atom. The molecule has 0 spiro atoms. The molecule has 2 aromatic carbocycles. The molecular weight excluding hydrogens is 350 g/mol. The molecule has 3 aromatic rings. The average molecular weight is 368 g/mol. The minimum absolute atomic E-state index is 0.0724. The lowest BCUT2D eigenvalue weighted by molar-refractivity contribution is 0.102. The van der Waals surface area contributed by atoms with Crippen LogP contribution in [0.5, 0.6) is 0 Å². The smallest absolute Gasteiger partial charge is 0.263 e. The van der Waals surface area contributed by atoms with Gasteiger partial charge in [0.05, 0.1) is 6.54 Å². The summed E-state index contributed by atoms with van der Waals surface area (Å²) in [5.41, 5.74) is 2.64. The van der Waals surface area contributed by atoms with Crippen molar-refractivity contribution in [2.45, 2.75) is 20.4 Å². The Morgan fingerprint density at radius 1 is 1.04 bits per heavy atom. The number of pyridine rings is 1. The number of hydrogen-bond acceptors (Lipinski definition) is 2. The zero-order valence-corrected chi connectivity index (χ0v) is 14.9. The summed E-state index contributed by atoms with van der Waals surface area (Å²) in [5, 5.41) is 2.42. The van der Waals surface area contributed by atoms with E-state index in [4.69, 9.17) is 0 Å². The first-order chi connectivity index (χ1) is 12.8. The van der Waals surface area contributed by atoms with Gasteiger partial charge in [-0.15, -0.1) is 0 Å². The lowest BCUT2D eigenvalue weighted by atomic mass is 10.1. The fraction of sp³-hybridized carbons (Fsp3) is 0.143. The van der Waals surface area contributed by atoms with Crippen molar-refractivity contribution < 1.29 is 13.6 Å². The highest BCUT2D eigenvalue weighted by Gasteiger charge is 2.14. The molecule has 1 aromatic heterocycles. The zero-order chi connectivity index (χ0) is 19.6. The van der Waals surface area contributed by atoms with E-state index in [-0.39, 0.29) is 11.3 Å². The van der Waals surface area contributed by atoms with Crippen molar-refractivity contribution in [2.75, 3.05) is 5.32 Å². The van der Waals surface area contributed by atoms with E-state index in [1.165, 1.54) is 16.7 Å². The van der Waals surface area contributed by atoms with Crippen LogP contribution in [0.25, 0.3) is 0 Å². The molecule has 1 amide bonds. The first kappa shape index (κ1) is 18.5. The molecular formula is C21H18F2N2O2. The fourth-order valence-electron chi connectivity index (χ4n) is 2.76. The van der Waals surface area contributed by atoms with Gasteiger partial charge in [0.15, 0.2) is 11.6 Å². The molecule has 0 radical (unpaired) electrons. The van der Waals surface area contributed by atoms with Crippen LogP contribution in [0, 0.1) is 25.5 Å². The van der Waals surface area contributed by atoms with E-state index in [1.807, 2.05) is 32.0 Å². The number of aromatic nitrogens is 1. The molecule has 3 rings (SSSR count). The van der Waals surface area contributed by atoms with Crippen molar-refractivity contribution in [2.24, 2.45) is 0 Å². The average Bonchev–Trinajstić information content (AvgIpc) is 2.63. The summed E-state index contributed by atoms with van der Waals surface area (Å²) in [5.74, 6) is -2.77. The number of anilines is 1. The molecule has 0 aliphatic heterocycles. The molecule has 0 saturated heterocycles. The molecule has 4 nitrogen and oxygen atoms in total. The van der Waals surface area contributed by atoms with Crippen LogP contribution < -0.4 is 10.9 Å². The molecule has 27 heavy (non-hydrogen) atoms. The van der Waals surface area contributed by atoms with Crippen molar-refractivity contribution in [3.8, 4) is 0 Å². The third-order valence-electron chi connectivity index (χ3n) is 4.29. The fourth-order valence-corrected chi connectivity index (χ4v) is 2.76. The quantitative estimate of drug-likeness (QED) is 0.756. The van der Waals surface area contributed by atoms with E-state index in [0.29, 0.717) is 6.54 Å². The second-order valence-corrected chi connectivity index (χ2v) is 6.37. The molecule has 0 bridgehead atoms. The molecule has 0 atom stereocenters. The zero-order valence-electron chi connectivity index (χ0n) is 14.9. The van der Waals surface area contributed by atoms with E-state index in [0.717, 1.165) is 28.8 Å². The first-order valence-corrected chi connectivity index (χ1v) is 8.37. The normalized spacial score (nSPS) is 10.7. The lowest BCUT2D eigenvalue weighted by Gasteiger charge is -2.11. The third kappa shape index (κ3) is 4.11. The van der Waals surface area contributed by atoms with Crippen LogP contribution in [0.4, 0.5) is 14.5 Å². The van der Waals surface area contributed by atoms with Gasteiger partial charge in [-0.3, -0.25) is 9.59 Å². The van der Waals surface area contributed by atoms with Crippen molar-refractivity contribution >= 4 is 11.6 Å². The maximum Gasteiger partial charge on any atom is 0.263 e. The second-order valence-electron chi connectivity index (χ2n) is 6.37. The number of aryl methyl sites for hydroxylation is 2. The predicted octanol–water partition coefficient (Wildman–Crippen LogP) is 4.04. The van der Waals surface area contributed by atoms with Crippen LogP contribution in [0.3, 0.4) is 0 Å². The maximum atomic E-state index is 13.3. The highest BCUT2D eigenvalue weighted by atomic mass is 19.2. The minimum atomic E-state index is -1.08. The van der Waals surface area contributed by atoms with Gasteiger partial charge < -0.3 is 9.88 Å². The lowest BCUT2D eigenvalue weighted by Crippen LogP contribution is -2.29. The van der Waals surface area contributed by atoms with E-state index in [9.17, 15) is 18.4 Å². The van der Waals surface area contributed by atoms with Gasteiger partial charge in [0, 0.05) is 18.0 Å². The molecule has 0 aliphatic rings. The summed E-state index contributed by atoms with van der Waals surface area (Å²) in [7, 11) is 0. The maximum absolute atomic E-state index is 13.3. The van der Waals surface area contributed by atoms with Gasteiger partial charge in [-0.05, 0) is 49.2 Å². The summed E-state index contributed by atoms with van der Waals surface area (Å²) in [6.45, 7) is 4.26. The van der Waals surface area contributed by atoms with E-state index in [2.05, 4.69) is 5.32 Å². The van der Waals surface area contributed by atoms with Gasteiger partial charge >= 0.3 is 0 Å². The molecule has 1 N–H and O–H groups in total. The number of nitrogens with zero attached hydrogens (tertiary/aromatic N) is 1. The second kappa shape index (κ2) is 7.53. The number of amides is 1. The first-order valence-electron chi connectivity index (χ1n) is 8.37. The summed E-state index contributed by atoms with van der Waals surface area (Å²) >= 11 is 0. The number of carbonyl (C=O) groups is 1. The summed E-state index contributed by atoms with van der Waals surface area (Å²) in [6, 6.07) is 12.0. The van der Waals surface area contributed by atoms with Crippen molar-refractivity contribution in [3.05, 3.63) is 99.0 Å². The van der Waals surface area contributed by atoms with Crippen molar-refractivity contribution in [1.82, 2.24) is 4.57 Å². The van der Waals surface area contributed by atoms with Gasteiger partial charge in [0.25, 0.3) is 11.5 Å². The van der Waals surface area contributed by atoms with E-state index < -0.39 is 23.1 Å². The molecule has 0 aliphatic carbocycles. The van der Waals surface area contributed by atoms with E-state index in [1.54, 1.807) is 12.3 Å². The van der Waals surface area contributed by atoms with Crippen LogP contribution in [0.1, 0.15) is 27.0 Å². The summed E-state index contributed by atoms with van der Waals surface area (Å²) in [6.07, 6.45) is 1.61. The number of hydrogen-bond donors (Lipinski definition) is 1. The molecule has 0 saturated carbocycles. The number of halogens is 2. The molecule has 0 unspecified atom stereocenters. The van der Waals surface area contributed by atoms with Crippen molar-refractivity contribution in [3.63, 3.8) is 0 Å². The Hall–Kier alpha value is -3.28. The molecule has 6 heteroatoms. The SMILES string of the molecule is Cc1ccc(C)c(Cn2cccc(C(=O)Nc3ccc(F)c(F)c3)c2=O)c1. The summed E-state index contributed by atoms with van der Waals surface area (Å²) < 4.78 is 27.7. The monoisotopic (exact) mass is 368 g/mol. The highest BCUT2D eigenvalue weighted by molar-refractivity contribution is 6.03. The van der Waals surface area contributed by atoms with Gasteiger partial charge in [0.2, 0.25) is 0 Å². The summed E-state index contributed by atoms with van der Waals surface area (Å²) in [4.78, 5) is 25.1. The minimum Gasteiger partial charge on any atom is -0.322 e. The number of benzene rings is 2. The van der Waals surface area contributed by atoms with Crippen LogP contribution in [0.15, 0.2) is 59.5 Å². The standard InChI is InChI=1S/C21H18F2N2O2/c1-13-5-6-14(2)15(10-13)12-25-9-3-4-17(21(25)27)20(26)24-16-7-8-18(22)19(23)11-16/h3-11H,12H2,1-2H3,(H,24,26). The van der Waals surface area contributed by atoms with Crippen LogP contribution in [-0.4, -0.2) is 10.5 Å². The number of carbonyl (C=O) groups excluding carboxylic acids is 1. The van der Waals surface area contributed by atoms with Crippen LogP contribution in [0.2, 0.25) is 0 Å². The Bertz CT molecular complexity index is 1070. The van der Waals surface area contributed by atoms with Crippen LogP contribution in [-0.2, 0) is 6.54 Å². The van der Waals surface area contributed by atoms with Gasteiger partial charge in [-0.1, -0.05) is 23.8 Å². The Morgan fingerprint density at radius 2 is 1.81 bits per heavy atom. The molecule has 1 heterocycles. The topological polar surface area (TPSA) is 51.1 Å². The third-order valence-corrected chi connectivity index (χ3v) is 4.29. The van der Waals surface area contributed by atoms with Crippen LogP contribution >= 0.6 is 0 Å². The predicted molar refractivity (Wildman–Crippen MR) is 100 cm³/mol. The molecule has 138 valence electrons. The van der Waals surface area contributed by atoms with Crippen molar-refractivity contribution in [1.29, 1.82) is 0 Å². The Kier molecular flexibility index (Phi) is 5.16. The number of rotatable bonds is 4. The highest BCUT2D eigenvalue weighted by Crippen LogP contribution is 2.14. The van der Waals surface area contributed by atoms with Gasteiger partial charge in [0.1, 0.15) is 5.56 Å². The number of nitrogens with one attached hydrogen (secondary N) is 1. The largest absolute Gasteiger partial charge is 0.322 e.